The minimum absolute atomic E-state index is 0. The monoisotopic (exact) mass is 231 g/mol. The molecule has 0 radical (unpaired) electrons. The van der Waals surface area contributed by atoms with Gasteiger partial charge in [0.25, 0.3) is 0 Å². The Labute approximate surface area is 99.0 Å². The van der Waals surface area contributed by atoms with Crippen LogP contribution < -0.4 is 5.73 Å². The van der Waals surface area contributed by atoms with E-state index in [4.69, 9.17) is 5.73 Å². The van der Waals surface area contributed by atoms with Crippen molar-refractivity contribution in [2.45, 2.75) is 58.5 Å². The number of carbonyl (C=O) groups excluding carboxylic acids is 2. The van der Waals surface area contributed by atoms with Crippen LogP contribution in [0.1, 0.15) is 54.3 Å². The van der Waals surface area contributed by atoms with Crippen LogP contribution in [0.15, 0.2) is 0 Å². The van der Waals surface area contributed by atoms with Crippen LogP contribution in [-0.2, 0) is 9.53 Å². The van der Waals surface area contributed by atoms with Crippen molar-refractivity contribution in [2.75, 3.05) is 0 Å². The zero-order valence-corrected chi connectivity index (χ0v) is 10.5. The lowest BCUT2D eigenvalue weighted by molar-refractivity contribution is -0.111. The molecule has 0 aliphatic heterocycles. The maximum atomic E-state index is 10.2. The molecule has 96 valence electrons. The number of aldehydes is 1. The minimum Gasteiger partial charge on any atom is -0.444 e. The van der Waals surface area contributed by atoms with Crippen LogP contribution in [0.25, 0.3) is 0 Å². The first kappa shape index (κ1) is 14.9. The highest BCUT2D eigenvalue weighted by atomic mass is 16.6. The van der Waals surface area contributed by atoms with Crippen molar-refractivity contribution in [3.63, 3.8) is 0 Å². The van der Waals surface area contributed by atoms with Gasteiger partial charge in [0.1, 0.15) is 11.9 Å². The van der Waals surface area contributed by atoms with E-state index >= 15 is 0 Å². The van der Waals surface area contributed by atoms with E-state index in [2.05, 4.69) is 4.74 Å². The lowest BCUT2D eigenvalue weighted by Gasteiger charge is -2.16. The number of amides is 1. The number of ether oxygens (including phenoxy) is 1. The molecule has 0 bridgehead atoms. The molecule has 1 saturated carbocycles. The molecule has 2 N–H and O–H groups in total. The molecule has 1 rings (SSSR count). The average Bonchev–Trinajstić information content (AvgIpc) is 2.16. The highest BCUT2D eigenvalue weighted by Crippen LogP contribution is 2.21. The maximum absolute atomic E-state index is 10.2. The van der Waals surface area contributed by atoms with E-state index in [1.165, 1.54) is 19.3 Å². The van der Waals surface area contributed by atoms with Crippen LogP contribution in [-0.4, -0.2) is 18.0 Å². The van der Waals surface area contributed by atoms with E-state index in [9.17, 15) is 9.59 Å². The first-order chi connectivity index (χ1) is 7.35. The summed E-state index contributed by atoms with van der Waals surface area (Å²) in [4.78, 5) is 20.2. The summed E-state index contributed by atoms with van der Waals surface area (Å²) in [6.07, 6.45) is 6.54. The maximum Gasteiger partial charge on any atom is 0.405 e. The summed E-state index contributed by atoms with van der Waals surface area (Å²) < 4.78 is 4.58. The molecule has 0 heterocycles. The van der Waals surface area contributed by atoms with Gasteiger partial charge in [0, 0.05) is 7.34 Å². The van der Waals surface area contributed by atoms with E-state index in [-0.39, 0.29) is 1.43 Å². The second kappa shape index (κ2) is 7.25. The van der Waals surface area contributed by atoms with Gasteiger partial charge in [-0.2, -0.15) is 0 Å². The van der Waals surface area contributed by atoms with Crippen molar-refractivity contribution in [2.24, 2.45) is 11.7 Å². The summed E-state index contributed by atoms with van der Waals surface area (Å²) in [7, 11) is 0. The zero-order valence-electron chi connectivity index (χ0n) is 10.5. The van der Waals surface area contributed by atoms with E-state index in [0.717, 1.165) is 19.1 Å². The standard InChI is InChI=1S/C7H12O.C5H11NO2.H2/c8-6-7-4-2-1-3-5-7;1-5(2,3)8-4(6)7;/h6-7H,1-5H2;1-3H3,(H2,6,7);1H. The minimum atomic E-state index is -0.725. The Morgan fingerprint density at radius 3 is 2.00 bits per heavy atom. The van der Waals surface area contributed by atoms with Crippen molar-refractivity contribution < 1.29 is 15.8 Å². The summed E-state index contributed by atoms with van der Waals surface area (Å²) in [5, 5.41) is 0. The van der Waals surface area contributed by atoms with Gasteiger partial charge < -0.3 is 15.3 Å². The molecule has 0 aromatic carbocycles. The Balaban J connectivity index is 0. The smallest absolute Gasteiger partial charge is 0.405 e. The Morgan fingerprint density at radius 1 is 1.31 bits per heavy atom. The van der Waals surface area contributed by atoms with E-state index < -0.39 is 11.7 Å². The van der Waals surface area contributed by atoms with E-state index in [1.807, 2.05) is 0 Å². The Morgan fingerprint density at radius 2 is 1.81 bits per heavy atom. The van der Waals surface area contributed by atoms with Crippen LogP contribution >= 0.6 is 0 Å². The third-order valence-corrected chi connectivity index (χ3v) is 2.25. The second-order valence-corrected chi connectivity index (χ2v) is 5.07. The number of nitrogens with two attached hydrogens (primary N) is 1. The van der Waals surface area contributed by atoms with Gasteiger partial charge in [-0.3, -0.25) is 0 Å². The van der Waals surface area contributed by atoms with Crippen LogP contribution in [0, 0.1) is 5.92 Å². The molecular weight excluding hydrogens is 206 g/mol. The number of hydrogen-bond donors (Lipinski definition) is 1. The van der Waals surface area contributed by atoms with Gasteiger partial charge >= 0.3 is 6.09 Å². The van der Waals surface area contributed by atoms with Gasteiger partial charge in [0.2, 0.25) is 0 Å². The number of hydrogen-bond acceptors (Lipinski definition) is 3. The lowest BCUT2D eigenvalue weighted by Crippen LogP contribution is -2.27. The molecule has 1 aliphatic rings. The largest absolute Gasteiger partial charge is 0.444 e. The molecule has 0 saturated heterocycles. The predicted molar refractivity (Wildman–Crippen MR) is 65.2 cm³/mol. The molecule has 0 unspecified atom stereocenters. The lowest BCUT2D eigenvalue weighted by atomic mass is 9.91. The molecule has 16 heavy (non-hydrogen) atoms. The first-order valence-corrected chi connectivity index (χ1v) is 5.79. The highest BCUT2D eigenvalue weighted by Gasteiger charge is 2.12. The molecular formula is C12H25NO3. The van der Waals surface area contributed by atoms with Crippen molar-refractivity contribution in [1.82, 2.24) is 0 Å². The van der Waals surface area contributed by atoms with Crippen molar-refractivity contribution in [3.05, 3.63) is 0 Å². The Kier molecular flexibility index (Phi) is 6.77. The van der Waals surface area contributed by atoms with E-state index in [0.29, 0.717) is 5.92 Å². The molecule has 0 aromatic rings. The quantitative estimate of drug-likeness (QED) is 0.705. The van der Waals surface area contributed by atoms with Crippen LogP contribution in [0.4, 0.5) is 4.79 Å². The number of rotatable bonds is 1. The molecule has 4 nitrogen and oxygen atoms in total. The fraction of sp³-hybridized carbons (Fsp3) is 0.833. The Hall–Kier alpha value is -1.06. The van der Waals surface area contributed by atoms with Crippen molar-refractivity contribution >= 4 is 12.4 Å². The summed E-state index contributed by atoms with van der Waals surface area (Å²) >= 11 is 0. The van der Waals surface area contributed by atoms with Gasteiger partial charge in [-0.05, 0) is 33.6 Å². The third kappa shape index (κ3) is 9.49. The van der Waals surface area contributed by atoms with E-state index in [1.54, 1.807) is 20.8 Å². The van der Waals surface area contributed by atoms with Gasteiger partial charge in [-0.1, -0.05) is 19.3 Å². The summed E-state index contributed by atoms with van der Waals surface area (Å²) in [6, 6.07) is 0. The van der Waals surface area contributed by atoms with Crippen molar-refractivity contribution in [3.8, 4) is 0 Å². The highest BCUT2D eigenvalue weighted by molar-refractivity contribution is 5.65. The van der Waals surface area contributed by atoms with Crippen LogP contribution in [0.5, 0.6) is 0 Å². The summed E-state index contributed by atoms with van der Waals surface area (Å²) in [5.74, 6) is 0.406. The molecule has 1 aliphatic carbocycles. The molecule has 1 fully saturated rings. The van der Waals surface area contributed by atoms with Gasteiger partial charge in [-0.25, -0.2) is 4.79 Å². The van der Waals surface area contributed by atoms with Gasteiger partial charge in [0.05, 0.1) is 0 Å². The molecule has 0 atom stereocenters. The third-order valence-electron chi connectivity index (χ3n) is 2.25. The fourth-order valence-electron chi connectivity index (χ4n) is 1.57. The summed E-state index contributed by atoms with van der Waals surface area (Å²) in [6.45, 7) is 5.28. The SMILES string of the molecule is CC(C)(C)OC(N)=O.O=CC1CCCCC1.[HH]. The first-order valence-electron chi connectivity index (χ1n) is 5.79. The molecule has 0 spiro atoms. The van der Waals surface area contributed by atoms with Gasteiger partial charge in [-0.15, -0.1) is 0 Å². The number of primary amides is 1. The average molecular weight is 231 g/mol. The Bertz CT molecular complexity index is 220. The van der Waals surface area contributed by atoms with Gasteiger partial charge in [0.15, 0.2) is 0 Å². The van der Waals surface area contributed by atoms with Crippen LogP contribution in [0.3, 0.4) is 0 Å². The fourth-order valence-corrected chi connectivity index (χ4v) is 1.57. The van der Waals surface area contributed by atoms with Crippen LogP contribution in [0.2, 0.25) is 0 Å². The topological polar surface area (TPSA) is 69.4 Å². The zero-order chi connectivity index (χ0) is 12.6. The predicted octanol–water partition coefficient (Wildman–Crippen LogP) is 2.89. The summed E-state index contributed by atoms with van der Waals surface area (Å²) in [5.41, 5.74) is 4.26. The number of carbonyl (C=O) groups is 2. The normalized spacial score (nSPS) is 16.9. The van der Waals surface area contributed by atoms with Crippen molar-refractivity contribution in [1.29, 1.82) is 0 Å². The molecule has 4 heteroatoms. The second-order valence-electron chi connectivity index (χ2n) is 5.07. The molecule has 1 amide bonds. The molecule has 0 aromatic heterocycles.